The smallest absolute Gasteiger partial charge is 0.217 e. The number of thiocarbonyl (C=S) groups is 1. The Bertz CT molecular complexity index is 1100. The molecule has 4 nitrogen and oxygen atoms in total. The molecule has 0 saturated heterocycles. The van der Waals surface area contributed by atoms with E-state index >= 15 is 0 Å². The molecule has 1 amide bonds. The predicted molar refractivity (Wildman–Crippen MR) is 138 cm³/mol. The molecule has 3 aromatic rings. The van der Waals surface area contributed by atoms with E-state index in [-0.39, 0.29) is 11.4 Å². The van der Waals surface area contributed by atoms with Gasteiger partial charge in [-0.15, -0.1) is 6.58 Å². The van der Waals surface area contributed by atoms with E-state index < -0.39 is 0 Å². The Morgan fingerprint density at radius 1 is 1.06 bits per heavy atom. The zero-order valence-corrected chi connectivity index (χ0v) is 19.6. The van der Waals surface area contributed by atoms with Gasteiger partial charge in [0, 0.05) is 25.6 Å². The molecule has 0 spiro atoms. The standard InChI is InChI=1S/C23H22N2OS.C4H9N/c1-16(26)24-15-19-8-4-5-9-21(19)22(27)25-23(12-13-23)20-11-10-17-6-2-3-7-18(17)14-20;1-3-4-5-2/h2-11,14H,12-13,15H2,1H3,(H,24,26)(H,25,27);3,5H,1,4H2,2H3. The molecule has 166 valence electrons. The van der Waals surface area contributed by atoms with Gasteiger partial charge in [-0.3, -0.25) is 4.79 Å². The fourth-order valence-electron chi connectivity index (χ4n) is 3.64. The van der Waals surface area contributed by atoms with Crippen LogP contribution in [-0.2, 0) is 16.9 Å². The van der Waals surface area contributed by atoms with E-state index in [2.05, 4.69) is 65.0 Å². The maximum atomic E-state index is 11.3. The summed E-state index contributed by atoms with van der Waals surface area (Å²) < 4.78 is 0. The largest absolute Gasteiger partial charge is 0.366 e. The molecular formula is C27H31N3OS. The highest BCUT2D eigenvalue weighted by molar-refractivity contribution is 7.80. The van der Waals surface area contributed by atoms with Gasteiger partial charge in [-0.05, 0) is 47.9 Å². The molecule has 0 heterocycles. The van der Waals surface area contributed by atoms with Gasteiger partial charge < -0.3 is 16.0 Å². The van der Waals surface area contributed by atoms with E-state index in [0.29, 0.717) is 6.54 Å². The zero-order chi connectivity index (χ0) is 23.0. The van der Waals surface area contributed by atoms with Gasteiger partial charge >= 0.3 is 0 Å². The maximum absolute atomic E-state index is 11.3. The Morgan fingerprint density at radius 3 is 2.38 bits per heavy atom. The summed E-state index contributed by atoms with van der Waals surface area (Å²) in [4.78, 5) is 12.0. The summed E-state index contributed by atoms with van der Waals surface area (Å²) >= 11 is 5.75. The van der Waals surface area contributed by atoms with Crippen LogP contribution in [0.15, 0.2) is 79.4 Å². The second-order valence-corrected chi connectivity index (χ2v) is 8.42. The van der Waals surface area contributed by atoms with Gasteiger partial charge in [0.1, 0.15) is 4.99 Å². The summed E-state index contributed by atoms with van der Waals surface area (Å²) in [6.45, 7) is 6.40. The van der Waals surface area contributed by atoms with E-state index in [9.17, 15) is 4.79 Å². The van der Waals surface area contributed by atoms with Crippen molar-refractivity contribution in [2.24, 2.45) is 0 Å². The van der Waals surface area contributed by atoms with Crippen molar-refractivity contribution in [3.63, 3.8) is 0 Å². The number of benzene rings is 3. The van der Waals surface area contributed by atoms with Crippen molar-refractivity contribution in [3.8, 4) is 0 Å². The summed E-state index contributed by atoms with van der Waals surface area (Å²) in [6.07, 6.45) is 3.96. The second-order valence-electron chi connectivity index (χ2n) is 8.01. The highest BCUT2D eigenvalue weighted by atomic mass is 32.1. The third-order valence-corrected chi connectivity index (χ3v) is 5.87. The normalized spacial score (nSPS) is 13.4. The van der Waals surface area contributed by atoms with Crippen LogP contribution in [-0.4, -0.2) is 24.5 Å². The van der Waals surface area contributed by atoms with Crippen LogP contribution in [0.2, 0.25) is 0 Å². The maximum Gasteiger partial charge on any atom is 0.217 e. The minimum atomic E-state index is -0.0811. The number of rotatable bonds is 7. The highest BCUT2D eigenvalue weighted by Crippen LogP contribution is 2.46. The van der Waals surface area contributed by atoms with Crippen molar-refractivity contribution in [1.82, 2.24) is 16.0 Å². The van der Waals surface area contributed by atoms with Crippen LogP contribution in [0.5, 0.6) is 0 Å². The Morgan fingerprint density at radius 2 is 1.75 bits per heavy atom. The van der Waals surface area contributed by atoms with Crippen molar-refractivity contribution >= 4 is 33.9 Å². The molecule has 1 aliphatic carbocycles. The summed E-state index contributed by atoms with van der Waals surface area (Å²) in [7, 11) is 1.89. The van der Waals surface area contributed by atoms with E-state index in [1.54, 1.807) is 0 Å². The molecular weight excluding hydrogens is 414 g/mol. The lowest BCUT2D eigenvalue weighted by atomic mass is 9.99. The number of carbonyl (C=O) groups is 1. The van der Waals surface area contributed by atoms with Crippen molar-refractivity contribution in [1.29, 1.82) is 0 Å². The number of likely N-dealkylation sites (N-methyl/N-ethyl adjacent to an activating group) is 1. The minimum absolute atomic E-state index is 0.0430. The van der Waals surface area contributed by atoms with Crippen molar-refractivity contribution in [2.45, 2.75) is 31.8 Å². The van der Waals surface area contributed by atoms with Gasteiger partial charge in [0.05, 0.1) is 5.54 Å². The fraction of sp³-hybridized carbons (Fsp3) is 0.259. The van der Waals surface area contributed by atoms with E-state index in [4.69, 9.17) is 12.2 Å². The average Bonchev–Trinajstić information content (AvgIpc) is 3.59. The SMILES string of the molecule is C=CCNC.CC(=O)NCc1ccccc1C(=S)NC1(c2ccc3ccccc3c2)CC1. The molecule has 0 aliphatic heterocycles. The van der Waals surface area contributed by atoms with Crippen LogP contribution in [0.4, 0.5) is 0 Å². The van der Waals surface area contributed by atoms with Gasteiger partial charge in [-0.2, -0.15) is 0 Å². The summed E-state index contributed by atoms with van der Waals surface area (Å²) in [6, 6.07) is 23.0. The van der Waals surface area contributed by atoms with Crippen LogP contribution < -0.4 is 16.0 Å². The van der Waals surface area contributed by atoms with E-state index in [0.717, 1.165) is 35.5 Å². The van der Waals surface area contributed by atoms with Crippen LogP contribution in [0.1, 0.15) is 36.5 Å². The van der Waals surface area contributed by atoms with Crippen LogP contribution in [0, 0.1) is 0 Å². The number of carbonyl (C=O) groups excluding carboxylic acids is 1. The van der Waals surface area contributed by atoms with Crippen molar-refractivity contribution in [2.75, 3.05) is 13.6 Å². The molecule has 4 rings (SSSR count). The molecule has 1 saturated carbocycles. The molecule has 5 heteroatoms. The summed E-state index contributed by atoms with van der Waals surface area (Å²) in [5.41, 5.74) is 3.21. The lowest BCUT2D eigenvalue weighted by Gasteiger charge is -2.22. The first-order chi connectivity index (χ1) is 15.5. The first-order valence-electron chi connectivity index (χ1n) is 10.9. The van der Waals surface area contributed by atoms with Gasteiger partial charge in [0.2, 0.25) is 5.91 Å². The Labute approximate surface area is 196 Å². The zero-order valence-electron chi connectivity index (χ0n) is 18.8. The number of hydrogen-bond donors (Lipinski definition) is 3. The molecule has 3 aromatic carbocycles. The Kier molecular flexibility index (Phi) is 8.14. The molecule has 32 heavy (non-hydrogen) atoms. The lowest BCUT2D eigenvalue weighted by Crippen LogP contribution is -2.35. The summed E-state index contributed by atoms with van der Waals surface area (Å²) in [5, 5.41) is 11.9. The highest BCUT2D eigenvalue weighted by Gasteiger charge is 2.45. The van der Waals surface area contributed by atoms with Crippen LogP contribution in [0.25, 0.3) is 10.8 Å². The predicted octanol–water partition coefficient (Wildman–Crippen LogP) is 4.82. The molecule has 0 bridgehead atoms. The van der Waals surface area contributed by atoms with Gasteiger partial charge in [-0.1, -0.05) is 79.0 Å². The van der Waals surface area contributed by atoms with Crippen molar-refractivity contribution in [3.05, 3.63) is 96.1 Å². The number of fused-ring (bicyclic) bond motifs is 1. The Hall–Kier alpha value is -3.02. The van der Waals surface area contributed by atoms with Crippen molar-refractivity contribution < 1.29 is 4.79 Å². The third-order valence-electron chi connectivity index (χ3n) is 5.54. The molecule has 0 aromatic heterocycles. The molecule has 1 fully saturated rings. The number of amides is 1. The molecule has 1 aliphatic rings. The molecule has 0 radical (unpaired) electrons. The Balaban J connectivity index is 0.000000523. The topological polar surface area (TPSA) is 53.2 Å². The monoisotopic (exact) mass is 445 g/mol. The summed E-state index contributed by atoms with van der Waals surface area (Å²) in [5.74, 6) is -0.0430. The van der Waals surface area contributed by atoms with Crippen LogP contribution >= 0.6 is 12.2 Å². The number of hydrogen-bond acceptors (Lipinski definition) is 3. The fourth-order valence-corrected chi connectivity index (χ4v) is 4.04. The van der Waals surface area contributed by atoms with Crippen LogP contribution in [0.3, 0.4) is 0 Å². The second kappa shape index (κ2) is 11.0. The first kappa shape index (κ1) is 23.6. The van der Waals surface area contributed by atoms with Gasteiger partial charge in [0.15, 0.2) is 0 Å². The third kappa shape index (κ3) is 6.02. The van der Waals surface area contributed by atoms with Gasteiger partial charge in [0.25, 0.3) is 0 Å². The quantitative estimate of drug-likeness (QED) is 0.360. The molecule has 0 atom stereocenters. The number of nitrogens with one attached hydrogen (secondary N) is 3. The molecule has 0 unspecified atom stereocenters. The van der Waals surface area contributed by atoms with E-state index in [1.807, 2.05) is 37.4 Å². The van der Waals surface area contributed by atoms with Gasteiger partial charge in [-0.25, -0.2) is 0 Å². The minimum Gasteiger partial charge on any atom is -0.366 e. The molecule has 3 N–H and O–H groups in total. The lowest BCUT2D eigenvalue weighted by molar-refractivity contribution is -0.119. The average molecular weight is 446 g/mol. The van der Waals surface area contributed by atoms with E-state index in [1.165, 1.54) is 23.3 Å². The first-order valence-corrected chi connectivity index (χ1v) is 11.3.